The molecule has 1 N–H and O–H groups in total. The lowest BCUT2D eigenvalue weighted by Crippen LogP contribution is -2.21. The zero-order valence-electron chi connectivity index (χ0n) is 11.8. The highest BCUT2D eigenvalue weighted by molar-refractivity contribution is 5.60. The van der Waals surface area contributed by atoms with Gasteiger partial charge in [-0.3, -0.25) is 9.67 Å². The van der Waals surface area contributed by atoms with Crippen molar-refractivity contribution >= 4 is 0 Å². The predicted octanol–water partition coefficient (Wildman–Crippen LogP) is 2.55. The quantitative estimate of drug-likeness (QED) is 0.855. The topological polar surface area (TPSA) is 42.7 Å². The Bertz CT molecular complexity index is 472. The lowest BCUT2D eigenvalue weighted by Gasteiger charge is -2.08. The molecule has 4 nitrogen and oxygen atoms in total. The van der Waals surface area contributed by atoms with Crippen LogP contribution in [0.5, 0.6) is 0 Å². The van der Waals surface area contributed by atoms with Crippen LogP contribution in [0.1, 0.15) is 25.0 Å². The molecule has 0 bridgehead atoms. The maximum Gasteiger partial charge on any atom is 0.0568 e. The van der Waals surface area contributed by atoms with Crippen LogP contribution in [0.4, 0.5) is 0 Å². The van der Waals surface area contributed by atoms with Gasteiger partial charge in [-0.15, -0.1) is 0 Å². The summed E-state index contributed by atoms with van der Waals surface area (Å²) < 4.78 is 1.79. The Balaban J connectivity index is 0.000000186. The van der Waals surface area contributed by atoms with Crippen molar-refractivity contribution in [2.24, 2.45) is 7.05 Å². The molecule has 19 heavy (non-hydrogen) atoms. The van der Waals surface area contributed by atoms with Gasteiger partial charge in [-0.05, 0) is 38.9 Å². The predicted molar refractivity (Wildman–Crippen MR) is 77.9 cm³/mol. The second-order valence-electron chi connectivity index (χ2n) is 4.90. The summed E-state index contributed by atoms with van der Waals surface area (Å²) >= 11 is 0. The van der Waals surface area contributed by atoms with Gasteiger partial charge < -0.3 is 5.32 Å². The van der Waals surface area contributed by atoms with Gasteiger partial charge in [0.2, 0.25) is 0 Å². The normalized spacial score (nSPS) is 14.6. The van der Waals surface area contributed by atoms with Crippen LogP contribution in [0.2, 0.25) is 0 Å². The van der Waals surface area contributed by atoms with E-state index >= 15 is 0 Å². The zero-order chi connectivity index (χ0) is 13.5. The van der Waals surface area contributed by atoms with Crippen LogP contribution in [-0.4, -0.2) is 27.9 Å². The van der Waals surface area contributed by atoms with Crippen LogP contribution in [0.15, 0.2) is 30.7 Å². The highest BCUT2D eigenvalue weighted by Gasteiger charge is 1.99. The van der Waals surface area contributed by atoms with E-state index in [1.165, 1.54) is 32.4 Å². The van der Waals surface area contributed by atoms with Crippen molar-refractivity contribution in [2.75, 3.05) is 13.1 Å². The van der Waals surface area contributed by atoms with Gasteiger partial charge in [-0.2, -0.15) is 5.10 Å². The van der Waals surface area contributed by atoms with Crippen LogP contribution in [0, 0.1) is 6.92 Å². The van der Waals surface area contributed by atoms with Crippen molar-refractivity contribution in [2.45, 2.75) is 26.2 Å². The monoisotopic (exact) mass is 258 g/mol. The van der Waals surface area contributed by atoms with Gasteiger partial charge in [-0.25, -0.2) is 0 Å². The summed E-state index contributed by atoms with van der Waals surface area (Å²) in [5.74, 6) is 0. The highest BCUT2D eigenvalue weighted by Crippen LogP contribution is 2.16. The maximum absolute atomic E-state index is 4.23. The second-order valence-corrected chi connectivity index (χ2v) is 4.90. The van der Waals surface area contributed by atoms with Crippen LogP contribution >= 0.6 is 0 Å². The van der Waals surface area contributed by atoms with Crippen LogP contribution < -0.4 is 5.32 Å². The number of pyridine rings is 1. The Kier molecular flexibility index (Phi) is 5.10. The molecular formula is C15H22N4. The number of rotatable bonds is 1. The fraction of sp³-hybridized carbons (Fsp3) is 0.467. The van der Waals surface area contributed by atoms with Gasteiger partial charge in [0.05, 0.1) is 6.20 Å². The fourth-order valence-corrected chi connectivity index (χ4v) is 2.01. The molecule has 2 aromatic heterocycles. The Morgan fingerprint density at radius 2 is 1.84 bits per heavy atom. The van der Waals surface area contributed by atoms with E-state index in [2.05, 4.69) is 21.5 Å². The number of piperidine rings is 1. The van der Waals surface area contributed by atoms with Gasteiger partial charge in [-0.1, -0.05) is 12.5 Å². The molecule has 0 unspecified atom stereocenters. The molecule has 1 aliphatic heterocycles. The third-order valence-electron chi connectivity index (χ3n) is 3.16. The van der Waals surface area contributed by atoms with Gasteiger partial charge >= 0.3 is 0 Å². The van der Waals surface area contributed by atoms with Crippen LogP contribution in [0.25, 0.3) is 11.1 Å². The maximum atomic E-state index is 4.23. The molecule has 1 saturated heterocycles. The third kappa shape index (κ3) is 4.48. The number of aromatic nitrogens is 3. The zero-order valence-corrected chi connectivity index (χ0v) is 11.8. The van der Waals surface area contributed by atoms with E-state index in [1.54, 1.807) is 4.68 Å². The first-order valence-corrected chi connectivity index (χ1v) is 6.88. The van der Waals surface area contributed by atoms with Gasteiger partial charge in [0, 0.05) is 36.3 Å². The fourth-order valence-electron chi connectivity index (χ4n) is 2.01. The largest absolute Gasteiger partial charge is 0.317 e. The van der Waals surface area contributed by atoms with Crippen molar-refractivity contribution < 1.29 is 0 Å². The lowest BCUT2D eigenvalue weighted by molar-refractivity contribution is 0.520. The first kappa shape index (κ1) is 13.7. The standard InChI is InChI=1S/C10H11N3.C5H11N/c1-8-3-4-9(5-11-8)10-6-12-13(2)7-10;1-2-4-6-5-3-1/h3-7H,1-2H3;6H,1-5H2. The smallest absolute Gasteiger partial charge is 0.0568 e. The number of nitrogens with zero attached hydrogens (tertiary/aromatic N) is 3. The Labute approximate surface area is 114 Å². The van der Waals surface area contributed by atoms with E-state index in [4.69, 9.17) is 0 Å². The van der Waals surface area contributed by atoms with E-state index in [0.29, 0.717) is 0 Å². The molecule has 0 radical (unpaired) electrons. The number of nitrogens with one attached hydrogen (secondary N) is 1. The molecule has 0 spiro atoms. The van der Waals surface area contributed by atoms with E-state index in [0.717, 1.165) is 16.8 Å². The van der Waals surface area contributed by atoms with E-state index < -0.39 is 0 Å². The van der Waals surface area contributed by atoms with Gasteiger partial charge in [0.1, 0.15) is 0 Å². The summed E-state index contributed by atoms with van der Waals surface area (Å²) in [5.41, 5.74) is 3.25. The summed E-state index contributed by atoms with van der Waals surface area (Å²) in [4.78, 5) is 4.23. The summed E-state index contributed by atoms with van der Waals surface area (Å²) in [6, 6.07) is 4.06. The molecule has 1 fully saturated rings. The van der Waals surface area contributed by atoms with Crippen LogP contribution in [0.3, 0.4) is 0 Å². The van der Waals surface area contributed by atoms with Crippen molar-refractivity contribution in [3.05, 3.63) is 36.4 Å². The minimum absolute atomic E-state index is 1.03. The molecule has 2 aromatic rings. The number of hydrogen-bond donors (Lipinski definition) is 1. The highest BCUT2D eigenvalue weighted by atomic mass is 15.2. The second kappa shape index (κ2) is 7.04. The molecule has 3 rings (SSSR count). The average Bonchev–Trinajstić information content (AvgIpc) is 2.89. The number of hydrogen-bond acceptors (Lipinski definition) is 3. The Morgan fingerprint density at radius 3 is 2.26 bits per heavy atom. The minimum Gasteiger partial charge on any atom is -0.317 e. The van der Waals surface area contributed by atoms with Gasteiger partial charge in [0.15, 0.2) is 0 Å². The first-order valence-electron chi connectivity index (χ1n) is 6.88. The molecule has 3 heterocycles. The van der Waals surface area contributed by atoms with E-state index in [9.17, 15) is 0 Å². The third-order valence-corrected chi connectivity index (χ3v) is 3.16. The Morgan fingerprint density at radius 1 is 1.05 bits per heavy atom. The summed E-state index contributed by atoms with van der Waals surface area (Å²) in [6.45, 7) is 4.48. The molecule has 102 valence electrons. The molecule has 0 amide bonds. The summed E-state index contributed by atoms with van der Waals surface area (Å²) in [7, 11) is 1.91. The molecular weight excluding hydrogens is 236 g/mol. The molecule has 0 atom stereocenters. The molecule has 0 aromatic carbocycles. The molecule has 1 aliphatic rings. The lowest BCUT2D eigenvalue weighted by atomic mass is 10.1. The first-order chi connectivity index (χ1) is 9.25. The van der Waals surface area contributed by atoms with Crippen molar-refractivity contribution in [1.29, 1.82) is 0 Å². The molecule has 4 heteroatoms. The van der Waals surface area contributed by atoms with Crippen molar-refractivity contribution in [1.82, 2.24) is 20.1 Å². The average molecular weight is 258 g/mol. The van der Waals surface area contributed by atoms with E-state index in [1.807, 2.05) is 38.6 Å². The Hall–Kier alpha value is -1.68. The molecule has 0 aliphatic carbocycles. The summed E-state index contributed by atoms with van der Waals surface area (Å²) in [6.07, 6.45) is 9.90. The van der Waals surface area contributed by atoms with Crippen LogP contribution in [-0.2, 0) is 7.05 Å². The molecule has 0 saturated carbocycles. The van der Waals surface area contributed by atoms with Crippen molar-refractivity contribution in [3.8, 4) is 11.1 Å². The number of aryl methyl sites for hydroxylation is 2. The van der Waals surface area contributed by atoms with E-state index in [-0.39, 0.29) is 0 Å². The van der Waals surface area contributed by atoms with Crippen molar-refractivity contribution in [3.63, 3.8) is 0 Å². The summed E-state index contributed by atoms with van der Waals surface area (Å²) in [5, 5.41) is 7.39. The van der Waals surface area contributed by atoms with Gasteiger partial charge in [0.25, 0.3) is 0 Å². The minimum atomic E-state index is 1.03. The SMILES string of the molecule is C1CCNCC1.Cc1ccc(-c2cnn(C)c2)cn1.